The maximum Gasteiger partial charge on any atom is 0.345 e. The molecule has 5 aromatic rings. The summed E-state index contributed by atoms with van der Waals surface area (Å²) in [6.45, 7) is 0. The Hall–Kier alpha value is -4.36. The van der Waals surface area contributed by atoms with E-state index in [4.69, 9.17) is 29.9 Å². The number of fused-ring (bicyclic) bond motifs is 2. The molecule has 0 aliphatic carbocycles. The van der Waals surface area contributed by atoms with Crippen LogP contribution in [0.2, 0.25) is 5.02 Å². The van der Waals surface area contributed by atoms with Crippen LogP contribution in [-0.4, -0.2) is 13.1 Å². The lowest BCUT2D eigenvalue weighted by atomic mass is 10.0. The number of ether oxygens (including phenoxy) is 2. The summed E-state index contributed by atoms with van der Waals surface area (Å²) in [5.41, 5.74) is -0.172. The molecule has 0 N–H and O–H groups in total. The molecule has 0 bridgehead atoms. The molecule has 0 unspecified atom stereocenters. The van der Waals surface area contributed by atoms with Crippen molar-refractivity contribution in [3.8, 4) is 22.6 Å². The summed E-state index contributed by atoms with van der Waals surface area (Å²) in [6.07, 6.45) is 0. The van der Waals surface area contributed by atoms with E-state index >= 15 is 0 Å². The minimum absolute atomic E-state index is 0.136. The van der Waals surface area contributed by atoms with Crippen molar-refractivity contribution in [2.24, 2.45) is 0 Å². The fourth-order valence-corrected chi connectivity index (χ4v) is 3.90. The van der Waals surface area contributed by atoms with E-state index in [2.05, 4.69) is 0 Å². The van der Waals surface area contributed by atoms with Gasteiger partial charge in [0.1, 0.15) is 11.3 Å². The van der Waals surface area contributed by atoms with Gasteiger partial charge in [0.05, 0.1) is 23.3 Å². The van der Waals surface area contributed by atoms with Crippen LogP contribution in [0.3, 0.4) is 0 Å². The molecule has 0 atom stereocenters. The number of rotatable bonds is 4. The average molecular weight is 475 g/mol. The molecule has 8 heteroatoms. The van der Waals surface area contributed by atoms with Gasteiger partial charge in [-0.3, -0.25) is 0 Å². The van der Waals surface area contributed by atoms with E-state index in [0.717, 1.165) is 0 Å². The van der Waals surface area contributed by atoms with E-state index in [9.17, 15) is 14.4 Å². The Morgan fingerprint density at radius 1 is 0.882 bits per heavy atom. The van der Waals surface area contributed by atoms with Crippen LogP contribution in [0.4, 0.5) is 0 Å². The predicted molar refractivity (Wildman–Crippen MR) is 127 cm³/mol. The molecule has 2 heterocycles. The number of para-hydroxylation sites is 1. The fraction of sp³-hybridized carbons (Fsp3) is 0.0385. The van der Waals surface area contributed by atoms with E-state index in [-0.39, 0.29) is 27.5 Å². The van der Waals surface area contributed by atoms with Crippen molar-refractivity contribution in [1.82, 2.24) is 0 Å². The average Bonchev–Trinajstić information content (AvgIpc) is 2.82. The molecule has 0 fully saturated rings. The highest BCUT2D eigenvalue weighted by molar-refractivity contribution is 6.33. The highest BCUT2D eigenvalue weighted by Gasteiger charge is 2.17. The van der Waals surface area contributed by atoms with Gasteiger partial charge in [-0.1, -0.05) is 35.9 Å². The van der Waals surface area contributed by atoms with Gasteiger partial charge in [-0.15, -0.1) is 0 Å². The minimum Gasteiger partial charge on any atom is -0.493 e. The molecule has 7 nitrogen and oxygen atoms in total. The molecule has 34 heavy (non-hydrogen) atoms. The smallest absolute Gasteiger partial charge is 0.345 e. The maximum absolute atomic E-state index is 12.8. The van der Waals surface area contributed by atoms with E-state index in [1.165, 1.54) is 31.4 Å². The molecule has 5 rings (SSSR count). The third-order valence-corrected chi connectivity index (χ3v) is 5.58. The SMILES string of the molecule is COc1cccc2cc(-c3cc(=O)oc4cc(OC(=O)c5ccccc5Cl)ccc34)c(=O)oc12. The lowest BCUT2D eigenvalue weighted by molar-refractivity contribution is 0.0735. The van der Waals surface area contributed by atoms with Gasteiger partial charge in [0, 0.05) is 28.5 Å². The number of hydrogen-bond donors (Lipinski definition) is 0. The van der Waals surface area contributed by atoms with Crippen molar-refractivity contribution in [3.05, 3.63) is 104 Å². The van der Waals surface area contributed by atoms with Crippen LogP contribution in [0.1, 0.15) is 10.4 Å². The standard InChI is InChI=1S/C26H15ClO7/c1-31-21-8-4-5-14-11-19(26(30)34-24(14)21)18-13-23(28)33-22-12-15(9-10-16(18)22)32-25(29)17-6-2-3-7-20(17)27/h2-13H,1H3. The minimum atomic E-state index is -0.679. The summed E-state index contributed by atoms with van der Waals surface area (Å²) in [7, 11) is 1.48. The highest BCUT2D eigenvalue weighted by atomic mass is 35.5. The van der Waals surface area contributed by atoms with E-state index in [1.807, 2.05) is 0 Å². The molecular weight excluding hydrogens is 460 g/mol. The second kappa shape index (κ2) is 8.53. The summed E-state index contributed by atoms with van der Waals surface area (Å²) in [5, 5.41) is 1.34. The van der Waals surface area contributed by atoms with Crippen molar-refractivity contribution in [2.45, 2.75) is 0 Å². The number of carbonyl (C=O) groups is 1. The molecule has 3 aromatic carbocycles. The number of carbonyl (C=O) groups excluding carboxylic acids is 1. The lowest BCUT2D eigenvalue weighted by Gasteiger charge is -2.09. The van der Waals surface area contributed by atoms with Crippen LogP contribution in [0.15, 0.2) is 91.2 Å². The normalized spacial score (nSPS) is 11.0. The summed E-state index contributed by atoms with van der Waals surface area (Å²) < 4.78 is 21.5. The Kier molecular flexibility index (Phi) is 5.39. The van der Waals surface area contributed by atoms with Crippen molar-refractivity contribution in [2.75, 3.05) is 7.11 Å². The number of halogens is 1. The first-order valence-corrected chi connectivity index (χ1v) is 10.5. The van der Waals surface area contributed by atoms with Gasteiger partial charge in [-0.2, -0.15) is 0 Å². The van der Waals surface area contributed by atoms with E-state index in [0.29, 0.717) is 27.7 Å². The number of esters is 1. The third-order valence-electron chi connectivity index (χ3n) is 5.25. The fourth-order valence-electron chi connectivity index (χ4n) is 3.68. The zero-order valence-electron chi connectivity index (χ0n) is 17.7. The summed E-state index contributed by atoms with van der Waals surface area (Å²) in [4.78, 5) is 37.6. The first-order valence-electron chi connectivity index (χ1n) is 10.1. The molecule has 0 amide bonds. The molecule has 0 spiro atoms. The van der Waals surface area contributed by atoms with Gasteiger partial charge >= 0.3 is 17.2 Å². The Morgan fingerprint density at radius 3 is 2.50 bits per heavy atom. The lowest BCUT2D eigenvalue weighted by Crippen LogP contribution is -2.09. The van der Waals surface area contributed by atoms with Crippen LogP contribution in [0.25, 0.3) is 33.1 Å². The van der Waals surface area contributed by atoms with Gasteiger partial charge in [0.25, 0.3) is 0 Å². The molecule has 168 valence electrons. The molecule has 2 aromatic heterocycles. The molecule has 0 saturated heterocycles. The van der Waals surface area contributed by atoms with E-state index < -0.39 is 17.2 Å². The third kappa shape index (κ3) is 3.82. The van der Waals surface area contributed by atoms with Crippen LogP contribution >= 0.6 is 11.6 Å². The summed E-state index contributed by atoms with van der Waals surface area (Å²) in [6, 6.07) is 19.1. The molecule has 0 aliphatic heterocycles. The molecule has 0 saturated carbocycles. The summed E-state index contributed by atoms with van der Waals surface area (Å²) in [5.74, 6) is -0.0934. The molecular formula is C26H15ClO7. The quantitative estimate of drug-likeness (QED) is 0.194. The molecule has 0 radical (unpaired) electrons. The van der Waals surface area contributed by atoms with Crippen LogP contribution in [0.5, 0.6) is 11.5 Å². The Balaban J connectivity index is 1.61. The highest BCUT2D eigenvalue weighted by Crippen LogP contribution is 2.32. The number of hydrogen-bond acceptors (Lipinski definition) is 7. The Bertz CT molecular complexity index is 1700. The van der Waals surface area contributed by atoms with Crippen molar-refractivity contribution in [1.29, 1.82) is 0 Å². The predicted octanol–water partition coefficient (Wildman–Crippen LogP) is 5.45. The summed E-state index contributed by atoms with van der Waals surface area (Å²) >= 11 is 6.06. The maximum atomic E-state index is 12.8. The first-order chi connectivity index (χ1) is 16.4. The zero-order chi connectivity index (χ0) is 23.8. The first kappa shape index (κ1) is 21.5. The monoisotopic (exact) mass is 474 g/mol. The topological polar surface area (TPSA) is 96.0 Å². The van der Waals surface area contributed by atoms with Gasteiger partial charge in [-0.05, 0) is 36.4 Å². The largest absolute Gasteiger partial charge is 0.493 e. The van der Waals surface area contributed by atoms with E-state index in [1.54, 1.807) is 48.5 Å². The molecule has 0 aliphatic rings. The number of benzene rings is 3. The number of methoxy groups -OCH3 is 1. The Labute approximate surface area is 196 Å². The Morgan fingerprint density at radius 2 is 1.71 bits per heavy atom. The van der Waals surface area contributed by atoms with Gasteiger partial charge < -0.3 is 18.3 Å². The van der Waals surface area contributed by atoms with Crippen LogP contribution in [-0.2, 0) is 0 Å². The van der Waals surface area contributed by atoms with Crippen molar-refractivity contribution in [3.63, 3.8) is 0 Å². The van der Waals surface area contributed by atoms with Crippen molar-refractivity contribution >= 4 is 39.5 Å². The van der Waals surface area contributed by atoms with Gasteiger partial charge in [0.2, 0.25) is 0 Å². The van der Waals surface area contributed by atoms with Crippen molar-refractivity contribution < 1.29 is 23.1 Å². The van der Waals surface area contributed by atoms with Crippen LogP contribution in [0, 0.1) is 0 Å². The second-order valence-corrected chi connectivity index (χ2v) is 7.74. The zero-order valence-corrected chi connectivity index (χ0v) is 18.4. The second-order valence-electron chi connectivity index (χ2n) is 7.33. The van der Waals surface area contributed by atoms with Crippen LogP contribution < -0.4 is 20.7 Å². The van der Waals surface area contributed by atoms with Gasteiger partial charge in [-0.25, -0.2) is 14.4 Å². The van der Waals surface area contributed by atoms with Gasteiger partial charge in [0.15, 0.2) is 11.3 Å².